The standard InChI is InChI=1S/C23H24FN5O4.CH4/c1-14-2-5-16(24)12-18(14)22(30)26-13-15-3-6-17(7-4-15)29-20(23(31)32)19(25)21(27-29)28-8-10-33-11-9-28;/h2-7,12H,8-11,13,25H2,1H3,(H,26,30)(H,31,32);1H4. The Kier molecular flexibility index (Phi) is 7.52. The minimum Gasteiger partial charge on any atom is -0.476 e. The van der Waals surface area contributed by atoms with Gasteiger partial charge in [-0.05, 0) is 42.3 Å². The van der Waals surface area contributed by atoms with Crippen molar-refractivity contribution in [3.05, 3.63) is 70.7 Å². The maximum absolute atomic E-state index is 13.5. The van der Waals surface area contributed by atoms with Gasteiger partial charge in [-0.15, -0.1) is 5.10 Å². The van der Waals surface area contributed by atoms with Crippen molar-refractivity contribution >= 4 is 23.4 Å². The van der Waals surface area contributed by atoms with Crippen LogP contribution in [0.5, 0.6) is 0 Å². The van der Waals surface area contributed by atoms with Gasteiger partial charge in [-0.25, -0.2) is 13.9 Å². The number of aryl methyl sites for hydroxylation is 1. The summed E-state index contributed by atoms with van der Waals surface area (Å²) in [6, 6.07) is 11.0. The second-order valence-corrected chi connectivity index (χ2v) is 7.71. The molecule has 2 aromatic carbocycles. The van der Waals surface area contributed by atoms with E-state index in [9.17, 15) is 19.1 Å². The van der Waals surface area contributed by atoms with Crippen LogP contribution in [0, 0.1) is 12.7 Å². The summed E-state index contributed by atoms with van der Waals surface area (Å²) in [4.78, 5) is 26.2. The molecule has 0 saturated carbocycles. The van der Waals surface area contributed by atoms with Gasteiger partial charge in [-0.1, -0.05) is 25.6 Å². The lowest BCUT2D eigenvalue weighted by molar-refractivity contribution is 0.0688. The Balaban J connectivity index is 0.00000324. The van der Waals surface area contributed by atoms with Gasteiger partial charge in [0.2, 0.25) is 0 Å². The molecule has 1 saturated heterocycles. The maximum atomic E-state index is 13.5. The molecule has 9 nitrogen and oxygen atoms in total. The van der Waals surface area contributed by atoms with Crippen LogP contribution in [-0.2, 0) is 11.3 Å². The van der Waals surface area contributed by atoms with Crippen molar-refractivity contribution in [1.82, 2.24) is 15.1 Å². The van der Waals surface area contributed by atoms with E-state index in [1.165, 1.54) is 16.8 Å². The zero-order valence-electron chi connectivity index (χ0n) is 18.0. The lowest BCUT2D eigenvalue weighted by atomic mass is 10.1. The fourth-order valence-electron chi connectivity index (χ4n) is 3.69. The number of carboxylic acid groups (broad SMARTS) is 1. The highest BCUT2D eigenvalue weighted by atomic mass is 19.1. The number of hydrogen-bond donors (Lipinski definition) is 3. The molecule has 1 aromatic heterocycles. The van der Waals surface area contributed by atoms with Crippen LogP contribution in [0.2, 0.25) is 0 Å². The van der Waals surface area contributed by atoms with Crippen LogP contribution in [0.25, 0.3) is 5.69 Å². The molecule has 1 amide bonds. The molecule has 0 aliphatic carbocycles. The third-order valence-electron chi connectivity index (χ3n) is 5.49. The summed E-state index contributed by atoms with van der Waals surface area (Å²) in [5.41, 5.74) is 8.40. The number of ether oxygens (including phenoxy) is 1. The van der Waals surface area contributed by atoms with Gasteiger partial charge in [0.1, 0.15) is 11.5 Å². The fraction of sp³-hybridized carbons (Fsp3) is 0.292. The number of nitrogens with two attached hydrogens (primary N) is 1. The first kappa shape index (κ1) is 24.7. The number of benzene rings is 2. The minimum absolute atomic E-state index is 0. The van der Waals surface area contributed by atoms with E-state index in [1.807, 2.05) is 4.90 Å². The minimum atomic E-state index is -1.18. The number of carbonyl (C=O) groups is 2. The highest BCUT2D eigenvalue weighted by molar-refractivity contribution is 5.96. The fourth-order valence-corrected chi connectivity index (χ4v) is 3.69. The van der Waals surface area contributed by atoms with Gasteiger partial charge in [0.15, 0.2) is 11.5 Å². The van der Waals surface area contributed by atoms with Gasteiger partial charge in [0.25, 0.3) is 5.91 Å². The van der Waals surface area contributed by atoms with E-state index in [4.69, 9.17) is 10.5 Å². The first-order valence-electron chi connectivity index (χ1n) is 10.4. The molecule has 3 aromatic rings. The molecule has 180 valence electrons. The van der Waals surface area contributed by atoms with E-state index in [1.54, 1.807) is 37.3 Å². The molecular weight excluding hydrogens is 441 g/mol. The smallest absolute Gasteiger partial charge is 0.356 e. The number of halogens is 1. The van der Waals surface area contributed by atoms with Crippen molar-refractivity contribution in [2.75, 3.05) is 36.9 Å². The van der Waals surface area contributed by atoms with Gasteiger partial charge in [-0.3, -0.25) is 4.79 Å². The Morgan fingerprint density at radius 2 is 1.85 bits per heavy atom. The van der Waals surface area contributed by atoms with E-state index in [0.29, 0.717) is 43.4 Å². The number of nitrogens with one attached hydrogen (secondary N) is 1. The SMILES string of the molecule is C.Cc1ccc(F)cc1C(=O)NCc1ccc(-n2nc(N3CCOCC3)c(N)c2C(=O)O)cc1. The van der Waals surface area contributed by atoms with Gasteiger partial charge in [-0.2, -0.15) is 0 Å². The summed E-state index contributed by atoms with van der Waals surface area (Å²) >= 11 is 0. The predicted molar refractivity (Wildman–Crippen MR) is 127 cm³/mol. The van der Waals surface area contributed by atoms with Gasteiger partial charge in [0, 0.05) is 25.2 Å². The Bertz CT molecular complexity index is 1190. The normalized spacial score (nSPS) is 13.3. The lowest BCUT2D eigenvalue weighted by Crippen LogP contribution is -2.36. The Morgan fingerprint density at radius 1 is 1.18 bits per heavy atom. The van der Waals surface area contributed by atoms with Crippen LogP contribution >= 0.6 is 0 Å². The molecule has 4 rings (SSSR count). The molecule has 34 heavy (non-hydrogen) atoms. The zero-order chi connectivity index (χ0) is 23.5. The molecular formula is C24H28FN5O4. The molecule has 0 atom stereocenters. The zero-order valence-corrected chi connectivity index (χ0v) is 18.0. The predicted octanol–water partition coefficient (Wildman–Crippen LogP) is 3.00. The summed E-state index contributed by atoms with van der Waals surface area (Å²) in [5, 5.41) is 16.9. The van der Waals surface area contributed by atoms with Crippen molar-refractivity contribution in [2.45, 2.75) is 20.9 Å². The highest BCUT2D eigenvalue weighted by Gasteiger charge is 2.26. The number of aromatic nitrogens is 2. The lowest BCUT2D eigenvalue weighted by Gasteiger charge is -2.26. The third kappa shape index (κ3) is 5.01. The monoisotopic (exact) mass is 469 g/mol. The first-order chi connectivity index (χ1) is 15.8. The number of nitrogen functional groups attached to an aromatic ring is 1. The summed E-state index contributed by atoms with van der Waals surface area (Å²) in [6.45, 7) is 4.15. The van der Waals surface area contributed by atoms with Crippen LogP contribution < -0.4 is 16.0 Å². The number of hydrogen-bond acceptors (Lipinski definition) is 6. The number of aromatic carboxylic acids is 1. The van der Waals surface area contributed by atoms with Crippen molar-refractivity contribution in [1.29, 1.82) is 0 Å². The second-order valence-electron chi connectivity index (χ2n) is 7.71. The molecule has 0 bridgehead atoms. The summed E-state index contributed by atoms with van der Waals surface area (Å²) in [7, 11) is 0. The Hall–Kier alpha value is -3.92. The second kappa shape index (κ2) is 10.3. The average Bonchev–Trinajstić information content (AvgIpc) is 3.17. The van der Waals surface area contributed by atoms with Crippen LogP contribution in [0.1, 0.15) is 39.4 Å². The van der Waals surface area contributed by atoms with Gasteiger partial charge < -0.3 is 25.8 Å². The van der Waals surface area contributed by atoms with Crippen LogP contribution in [-0.4, -0.2) is 53.1 Å². The van der Waals surface area contributed by atoms with Gasteiger partial charge in [0.05, 0.1) is 18.9 Å². The van der Waals surface area contributed by atoms with Crippen molar-refractivity contribution in [3.63, 3.8) is 0 Å². The number of anilines is 2. The molecule has 1 fully saturated rings. The van der Waals surface area contributed by atoms with Crippen LogP contribution in [0.4, 0.5) is 15.9 Å². The molecule has 0 spiro atoms. The largest absolute Gasteiger partial charge is 0.476 e. The van der Waals surface area contributed by atoms with Crippen molar-refractivity contribution in [2.24, 2.45) is 0 Å². The number of rotatable bonds is 6. The van der Waals surface area contributed by atoms with E-state index in [0.717, 1.165) is 5.56 Å². The number of morpholine rings is 1. The summed E-state index contributed by atoms with van der Waals surface area (Å²) in [5.74, 6) is -1.61. The topological polar surface area (TPSA) is 123 Å². The van der Waals surface area contributed by atoms with Crippen LogP contribution in [0.3, 0.4) is 0 Å². The van der Waals surface area contributed by atoms with E-state index in [-0.39, 0.29) is 36.8 Å². The number of nitrogens with zero attached hydrogens (tertiary/aromatic N) is 3. The first-order valence-corrected chi connectivity index (χ1v) is 10.4. The molecule has 4 N–H and O–H groups in total. The number of amides is 1. The van der Waals surface area contributed by atoms with Crippen molar-refractivity contribution < 1.29 is 23.8 Å². The molecule has 10 heteroatoms. The molecule has 1 aliphatic heterocycles. The average molecular weight is 470 g/mol. The Labute approximate surface area is 196 Å². The molecule has 2 heterocycles. The number of carbonyl (C=O) groups excluding carboxylic acids is 1. The van der Waals surface area contributed by atoms with E-state index < -0.39 is 11.8 Å². The summed E-state index contributed by atoms with van der Waals surface area (Å²) < 4.78 is 20.1. The molecule has 0 unspecified atom stereocenters. The Morgan fingerprint density at radius 3 is 2.50 bits per heavy atom. The quantitative estimate of drug-likeness (QED) is 0.507. The maximum Gasteiger partial charge on any atom is 0.356 e. The van der Waals surface area contributed by atoms with Crippen molar-refractivity contribution in [3.8, 4) is 5.69 Å². The summed E-state index contributed by atoms with van der Waals surface area (Å²) in [6.07, 6.45) is 0. The molecule has 1 aliphatic rings. The third-order valence-corrected chi connectivity index (χ3v) is 5.49. The van der Waals surface area contributed by atoms with E-state index >= 15 is 0 Å². The van der Waals surface area contributed by atoms with Gasteiger partial charge >= 0.3 is 5.97 Å². The number of carboxylic acids is 1. The van der Waals surface area contributed by atoms with E-state index in [2.05, 4.69) is 10.4 Å². The highest BCUT2D eigenvalue weighted by Crippen LogP contribution is 2.29. The molecule has 0 radical (unpaired) electrons. The van der Waals surface area contributed by atoms with Crippen LogP contribution in [0.15, 0.2) is 42.5 Å².